The summed E-state index contributed by atoms with van der Waals surface area (Å²) >= 11 is 0. The van der Waals surface area contributed by atoms with Crippen LogP contribution in [-0.2, 0) is 19.7 Å². The van der Waals surface area contributed by atoms with Crippen LogP contribution in [0.1, 0.15) is 39.9 Å². The zero-order chi connectivity index (χ0) is 33.9. The van der Waals surface area contributed by atoms with Gasteiger partial charge in [0.2, 0.25) is 5.89 Å². The molecule has 0 saturated carbocycles. The number of ether oxygens (including phenoxy) is 4. The zero-order valence-corrected chi connectivity index (χ0v) is 27.5. The predicted octanol–water partition coefficient (Wildman–Crippen LogP) is 6.16. The molecule has 6 rings (SSSR count). The van der Waals surface area contributed by atoms with E-state index in [-0.39, 0.29) is 36.0 Å². The van der Waals surface area contributed by atoms with Gasteiger partial charge in [0.1, 0.15) is 47.2 Å². The first-order chi connectivity index (χ1) is 23.3. The molecule has 0 fully saturated rings. The highest BCUT2D eigenvalue weighted by Gasteiger charge is 2.29. The molecule has 0 unspecified atom stereocenters. The summed E-state index contributed by atoms with van der Waals surface area (Å²) in [5.41, 5.74) is 3.79. The second-order valence-electron chi connectivity index (χ2n) is 10.9. The average Bonchev–Trinajstić information content (AvgIpc) is 3.78. The summed E-state index contributed by atoms with van der Waals surface area (Å²) in [4.78, 5) is 22.6. The van der Waals surface area contributed by atoms with Gasteiger partial charge in [-0.2, -0.15) is 5.10 Å². The molecule has 0 saturated heterocycles. The first kappa shape index (κ1) is 32.1. The van der Waals surface area contributed by atoms with Gasteiger partial charge in [-0.05, 0) is 50.6 Å². The fourth-order valence-electron chi connectivity index (χ4n) is 5.48. The molecular formula is C35H35FN6O6. The van der Waals surface area contributed by atoms with Gasteiger partial charge in [0.05, 0.1) is 44.3 Å². The maximum absolute atomic E-state index is 16.4. The largest absolute Gasteiger partial charge is 0.497 e. The summed E-state index contributed by atoms with van der Waals surface area (Å²) in [6.45, 7) is 6.41. The summed E-state index contributed by atoms with van der Waals surface area (Å²) in [6, 6.07) is 12.8. The van der Waals surface area contributed by atoms with E-state index in [1.54, 1.807) is 50.2 Å². The van der Waals surface area contributed by atoms with Crippen LogP contribution in [0.15, 0.2) is 65.5 Å². The van der Waals surface area contributed by atoms with Crippen molar-refractivity contribution in [3.63, 3.8) is 0 Å². The van der Waals surface area contributed by atoms with Crippen molar-refractivity contribution >= 4 is 11.4 Å². The lowest BCUT2D eigenvalue weighted by molar-refractivity contribution is 0.0940. The molecule has 48 heavy (non-hydrogen) atoms. The van der Waals surface area contributed by atoms with Gasteiger partial charge in [-0.3, -0.25) is 14.5 Å². The lowest BCUT2D eigenvalue weighted by Gasteiger charge is -2.11. The van der Waals surface area contributed by atoms with E-state index in [0.29, 0.717) is 52.0 Å². The number of nitrogens with zero attached hydrogens (tertiary/aromatic N) is 5. The number of nitrogens with one attached hydrogen (secondary N) is 1. The van der Waals surface area contributed by atoms with E-state index in [2.05, 4.69) is 20.4 Å². The van der Waals surface area contributed by atoms with Crippen molar-refractivity contribution in [2.45, 2.75) is 40.5 Å². The summed E-state index contributed by atoms with van der Waals surface area (Å²) in [6.07, 6.45) is 4.47. The standard InChI is InChI=1S/C35H35FN6O6/c1-7-42-32(33(21(3)40-42)47-18-22-8-11-24(44-4)12-9-22)35-39-26(19-48-35)29-27-16-37-20(2)17-41(27)31(30(29)36)34(43)38-15-23-10-13-25(45-5)14-28(23)46-6/h8-14,16-17,19H,7,15,18H2,1-6H3,(H,38,43). The van der Waals surface area contributed by atoms with E-state index in [1.165, 1.54) is 24.0 Å². The van der Waals surface area contributed by atoms with Gasteiger partial charge in [0, 0.05) is 30.9 Å². The molecule has 0 radical (unpaired) electrons. The number of methoxy groups -OCH3 is 3. The molecule has 12 nitrogen and oxygen atoms in total. The molecule has 1 amide bonds. The highest BCUT2D eigenvalue weighted by Crippen LogP contribution is 2.37. The number of aromatic nitrogens is 5. The van der Waals surface area contributed by atoms with Gasteiger partial charge in [0.25, 0.3) is 5.91 Å². The van der Waals surface area contributed by atoms with Crippen LogP contribution in [0.5, 0.6) is 23.0 Å². The Kier molecular flexibility index (Phi) is 9.02. The Morgan fingerprint density at radius 1 is 1.02 bits per heavy atom. The number of carbonyl (C=O) groups is 1. The molecule has 1 N–H and O–H groups in total. The summed E-state index contributed by atoms with van der Waals surface area (Å²) in [5.74, 6) is 1.17. The molecule has 0 aliphatic carbocycles. The van der Waals surface area contributed by atoms with Gasteiger partial charge < -0.3 is 33.1 Å². The third-order valence-electron chi connectivity index (χ3n) is 7.92. The molecule has 2 aromatic carbocycles. The highest BCUT2D eigenvalue weighted by molar-refractivity contribution is 5.98. The normalized spacial score (nSPS) is 11.1. The minimum absolute atomic E-state index is 0.0738. The van der Waals surface area contributed by atoms with Crippen LogP contribution in [0.2, 0.25) is 0 Å². The maximum atomic E-state index is 16.4. The highest BCUT2D eigenvalue weighted by atomic mass is 19.1. The van der Waals surface area contributed by atoms with E-state index >= 15 is 4.39 Å². The molecule has 0 aliphatic heterocycles. The van der Waals surface area contributed by atoms with E-state index in [0.717, 1.165) is 11.3 Å². The summed E-state index contributed by atoms with van der Waals surface area (Å²) < 4.78 is 47.8. The van der Waals surface area contributed by atoms with E-state index in [4.69, 9.17) is 23.4 Å². The van der Waals surface area contributed by atoms with Crippen LogP contribution in [0.25, 0.3) is 28.4 Å². The van der Waals surface area contributed by atoms with Crippen molar-refractivity contribution in [1.82, 2.24) is 29.5 Å². The van der Waals surface area contributed by atoms with Crippen LogP contribution in [-0.4, -0.2) is 51.4 Å². The number of fused-ring (bicyclic) bond motifs is 1. The van der Waals surface area contributed by atoms with Crippen LogP contribution in [0.4, 0.5) is 4.39 Å². The van der Waals surface area contributed by atoms with Crippen molar-refractivity contribution in [2.75, 3.05) is 21.3 Å². The molecule has 0 spiro atoms. The third kappa shape index (κ3) is 6.01. The van der Waals surface area contributed by atoms with E-state index in [9.17, 15) is 4.79 Å². The molecule has 0 atom stereocenters. The Labute approximate surface area is 276 Å². The fraction of sp³-hybridized carbons (Fsp3) is 0.257. The van der Waals surface area contributed by atoms with Gasteiger partial charge in [0.15, 0.2) is 17.3 Å². The molecule has 0 bridgehead atoms. The number of rotatable bonds is 12. The predicted molar refractivity (Wildman–Crippen MR) is 175 cm³/mol. The number of carbonyl (C=O) groups excluding carboxylic acids is 1. The monoisotopic (exact) mass is 654 g/mol. The number of amides is 1. The quantitative estimate of drug-likeness (QED) is 0.165. The van der Waals surface area contributed by atoms with Crippen LogP contribution in [0, 0.1) is 19.7 Å². The Balaban J connectivity index is 1.34. The van der Waals surface area contributed by atoms with Crippen molar-refractivity contribution in [2.24, 2.45) is 0 Å². The van der Waals surface area contributed by atoms with E-state index < -0.39 is 11.7 Å². The Bertz CT molecular complexity index is 2100. The summed E-state index contributed by atoms with van der Waals surface area (Å²) in [5, 5.41) is 7.43. The Morgan fingerprint density at radius 2 is 1.77 bits per heavy atom. The lowest BCUT2D eigenvalue weighted by atomic mass is 10.1. The lowest BCUT2D eigenvalue weighted by Crippen LogP contribution is -2.25. The van der Waals surface area contributed by atoms with Gasteiger partial charge >= 0.3 is 0 Å². The number of benzene rings is 2. The van der Waals surface area contributed by atoms with Gasteiger partial charge in [-0.25, -0.2) is 9.37 Å². The second-order valence-corrected chi connectivity index (χ2v) is 10.9. The van der Waals surface area contributed by atoms with Crippen LogP contribution >= 0.6 is 0 Å². The number of hydrogen-bond donors (Lipinski definition) is 1. The number of hydrogen-bond acceptors (Lipinski definition) is 9. The van der Waals surface area contributed by atoms with E-state index in [1.807, 2.05) is 38.1 Å². The molecule has 4 heterocycles. The minimum Gasteiger partial charge on any atom is -0.497 e. The molecule has 4 aromatic heterocycles. The number of aryl methyl sites for hydroxylation is 3. The van der Waals surface area contributed by atoms with Crippen molar-refractivity contribution in [3.8, 4) is 45.8 Å². The second kappa shape index (κ2) is 13.5. The third-order valence-corrected chi connectivity index (χ3v) is 7.92. The topological polar surface area (TPSA) is 127 Å². The van der Waals surface area contributed by atoms with Crippen molar-refractivity contribution < 1.29 is 32.5 Å². The molecule has 248 valence electrons. The van der Waals surface area contributed by atoms with Crippen LogP contribution in [0.3, 0.4) is 0 Å². The first-order valence-electron chi connectivity index (χ1n) is 15.2. The number of halogens is 1. The smallest absolute Gasteiger partial charge is 0.271 e. The van der Waals surface area contributed by atoms with Gasteiger partial charge in [-0.15, -0.1) is 0 Å². The van der Waals surface area contributed by atoms with Crippen LogP contribution < -0.4 is 24.3 Å². The van der Waals surface area contributed by atoms with Gasteiger partial charge in [-0.1, -0.05) is 12.1 Å². The Hall–Kier alpha value is -5.85. The average molecular weight is 655 g/mol. The SMILES string of the molecule is CCn1nc(C)c(OCc2ccc(OC)cc2)c1-c1nc(-c2c(F)c(C(=O)NCc3ccc(OC)cc3OC)n3cc(C)ncc23)co1. The molecule has 13 heteroatoms. The first-order valence-corrected chi connectivity index (χ1v) is 15.2. The van der Waals surface area contributed by atoms with Crippen molar-refractivity contribution in [3.05, 3.63) is 95.1 Å². The minimum atomic E-state index is -0.766. The van der Waals surface area contributed by atoms with Crippen molar-refractivity contribution in [1.29, 1.82) is 0 Å². The zero-order valence-electron chi connectivity index (χ0n) is 27.5. The summed E-state index contributed by atoms with van der Waals surface area (Å²) in [7, 11) is 4.70. The molecule has 6 aromatic rings. The maximum Gasteiger partial charge on any atom is 0.271 e. The molecular weight excluding hydrogens is 619 g/mol. The Morgan fingerprint density at radius 3 is 2.48 bits per heavy atom. The number of oxazole rings is 1. The molecule has 0 aliphatic rings. The fourth-order valence-corrected chi connectivity index (χ4v) is 5.48.